The van der Waals surface area contributed by atoms with Crippen molar-refractivity contribution in [1.82, 2.24) is 19.6 Å². The molecule has 1 saturated carbocycles. The van der Waals surface area contributed by atoms with Crippen LogP contribution in [-0.4, -0.2) is 33.8 Å². The molecule has 0 aromatic carbocycles. The average molecular weight is 422 g/mol. The second-order valence-electron chi connectivity index (χ2n) is 6.86. The van der Waals surface area contributed by atoms with Crippen LogP contribution < -0.4 is 0 Å². The normalized spacial score (nSPS) is 15.4. The maximum absolute atomic E-state index is 12.9. The molecule has 10 heteroatoms. The van der Waals surface area contributed by atoms with Gasteiger partial charge in [-0.1, -0.05) is 19.1 Å². The molecule has 0 atom stereocenters. The standard InChI is InChI=1S/C19H17F3N4O2S/c1-2-29(27,28)15-9-13(6-5-12-3-4-12)11-23-18(15)14-7-8-26-17(24-14)10-16(25-26)19(20,21)22/h5-12H,2-4H2,1H3/b6-5+. The summed E-state index contributed by atoms with van der Waals surface area (Å²) in [5.74, 6) is 0.389. The summed E-state index contributed by atoms with van der Waals surface area (Å²) >= 11 is 0. The highest BCUT2D eigenvalue weighted by molar-refractivity contribution is 7.91. The minimum atomic E-state index is -4.60. The van der Waals surface area contributed by atoms with Gasteiger partial charge in [0.1, 0.15) is 5.69 Å². The Morgan fingerprint density at radius 1 is 1.28 bits per heavy atom. The molecule has 1 aliphatic rings. The van der Waals surface area contributed by atoms with E-state index >= 15 is 0 Å². The van der Waals surface area contributed by atoms with E-state index in [0.29, 0.717) is 11.5 Å². The molecule has 0 aliphatic heterocycles. The van der Waals surface area contributed by atoms with Gasteiger partial charge in [0.15, 0.2) is 21.2 Å². The predicted molar refractivity (Wildman–Crippen MR) is 101 cm³/mol. The van der Waals surface area contributed by atoms with Gasteiger partial charge in [0.25, 0.3) is 0 Å². The van der Waals surface area contributed by atoms with Gasteiger partial charge >= 0.3 is 6.18 Å². The molecule has 0 bridgehead atoms. The summed E-state index contributed by atoms with van der Waals surface area (Å²) in [4.78, 5) is 8.44. The summed E-state index contributed by atoms with van der Waals surface area (Å²) in [5, 5.41) is 3.45. The lowest BCUT2D eigenvalue weighted by molar-refractivity contribution is -0.141. The van der Waals surface area contributed by atoms with Gasteiger partial charge in [-0.05, 0) is 36.5 Å². The highest BCUT2D eigenvalue weighted by Crippen LogP contribution is 2.32. The Labute approximate surface area is 165 Å². The highest BCUT2D eigenvalue weighted by Gasteiger charge is 2.34. The van der Waals surface area contributed by atoms with Crippen LogP contribution in [0, 0.1) is 5.92 Å². The molecule has 1 aliphatic carbocycles. The number of allylic oxidation sites excluding steroid dienone is 1. The summed E-state index contributed by atoms with van der Waals surface area (Å²) in [7, 11) is -3.63. The average Bonchev–Trinajstić information content (AvgIpc) is 3.41. The molecular formula is C19H17F3N4O2S. The monoisotopic (exact) mass is 422 g/mol. The molecule has 0 saturated heterocycles. The number of alkyl halides is 3. The van der Waals surface area contributed by atoms with Crippen LogP contribution in [0.15, 0.2) is 41.6 Å². The smallest absolute Gasteiger partial charge is 0.253 e. The Balaban J connectivity index is 1.82. The third-order valence-electron chi connectivity index (χ3n) is 4.63. The van der Waals surface area contributed by atoms with Crippen molar-refractivity contribution in [2.24, 2.45) is 5.92 Å². The molecule has 6 nitrogen and oxygen atoms in total. The summed E-state index contributed by atoms with van der Waals surface area (Å²) in [6.45, 7) is 1.52. The van der Waals surface area contributed by atoms with Crippen molar-refractivity contribution in [3.63, 3.8) is 0 Å². The Hall–Kier alpha value is -2.75. The maximum atomic E-state index is 12.9. The lowest BCUT2D eigenvalue weighted by Crippen LogP contribution is -2.08. The Kier molecular flexibility index (Phi) is 4.68. The quantitative estimate of drug-likeness (QED) is 0.621. The van der Waals surface area contributed by atoms with Crippen LogP contribution in [0.3, 0.4) is 0 Å². The molecular weight excluding hydrogens is 405 g/mol. The van der Waals surface area contributed by atoms with Gasteiger partial charge in [0, 0.05) is 18.5 Å². The zero-order chi connectivity index (χ0) is 20.8. The van der Waals surface area contributed by atoms with E-state index in [1.807, 2.05) is 12.2 Å². The first-order chi connectivity index (χ1) is 13.7. The van der Waals surface area contributed by atoms with Crippen LogP contribution in [-0.2, 0) is 16.0 Å². The molecule has 3 heterocycles. The Morgan fingerprint density at radius 2 is 2.03 bits per heavy atom. The number of aromatic nitrogens is 4. The molecule has 0 radical (unpaired) electrons. The highest BCUT2D eigenvalue weighted by atomic mass is 32.2. The largest absolute Gasteiger partial charge is 0.435 e. The van der Waals surface area contributed by atoms with E-state index in [1.165, 1.54) is 31.5 Å². The molecule has 1 fully saturated rings. The SMILES string of the molecule is CCS(=O)(=O)c1cc(/C=C/C2CC2)cnc1-c1ccn2nc(C(F)(F)F)cc2n1. The fraction of sp³-hybridized carbons (Fsp3) is 0.316. The zero-order valence-corrected chi connectivity index (χ0v) is 16.2. The number of pyridine rings is 1. The zero-order valence-electron chi connectivity index (χ0n) is 15.4. The van der Waals surface area contributed by atoms with Crippen LogP contribution >= 0.6 is 0 Å². The predicted octanol–water partition coefficient (Wildman–Crippen LogP) is 4.03. The van der Waals surface area contributed by atoms with Crippen molar-refractivity contribution < 1.29 is 21.6 Å². The first kappa shape index (κ1) is 19.6. The number of sulfone groups is 1. The van der Waals surface area contributed by atoms with E-state index in [0.717, 1.165) is 23.4 Å². The summed E-state index contributed by atoms with van der Waals surface area (Å²) < 4.78 is 64.9. The number of nitrogens with zero attached hydrogens (tertiary/aromatic N) is 4. The number of hydrogen-bond donors (Lipinski definition) is 0. The molecule has 4 rings (SSSR count). The molecule has 3 aromatic heterocycles. The molecule has 0 amide bonds. The lowest BCUT2D eigenvalue weighted by atomic mass is 10.2. The van der Waals surface area contributed by atoms with E-state index in [2.05, 4.69) is 15.1 Å². The molecule has 0 unspecified atom stereocenters. The fourth-order valence-corrected chi connectivity index (χ4v) is 3.90. The number of halogens is 3. The van der Waals surface area contributed by atoms with Gasteiger partial charge in [-0.2, -0.15) is 18.3 Å². The van der Waals surface area contributed by atoms with Gasteiger partial charge < -0.3 is 0 Å². The Morgan fingerprint density at radius 3 is 2.69 bits per heavy atom. The van der Waals surface area contributed by atoms with Crippen LogP contribution in [0.5, 0.6) is 0 Å². The topological polar surface area (TPSA) is 77.2 Å². The van der Waals surface area contributed by atoms with Crippen molar-refractivity contribution in [3.05, 3.63) is 47.9 Å². The van der Waals surface area contributed by atoms with Crippen molar-refractivity contribution >= 4 is 21.6 Å². The molecule has 0 spiro atoms. The van der Waals surface area contributed by atoms with E-state index in [9.17, 15) is 21.6 Å². The maximum Gasteiger partial charge on any atom is 0.435 e. The number of hydrogen-bond acceptors (Lipinski definition) is 5. The van der Waals surface area contributed by atoms with E-state index in [4.69, 9.17) is 0 Å². The van der Waals surface area contributed by atoms with Gasteiger partial charge in [-0.25, -0.2) is 17.9 Å². The summed E-state index contributed by atoms with van der Waals surface area (Å²) in [6, 6.07) is 3.74. The van der Waals surface area contributed by atoms with E-state index in [1.54, 1.807) is 0 Å². The third kappa shape index (κ3) is 4.02. The van der Waals surface area contributed by atoms with Crippen LogP contribution in [0.25, 0.3) is 23.1 Å². The Bertz CT molecular complexity index is 1210. The fourth-order valence-electron chi connectivity index (χ4n) is 2.82. The van der Waals surface area contributed by atoms with Crippen molar-refractivity contribution in [2.75, 3.05) is 5.75 Å². The second kappa shape index (κ2) is 6.94. The van der Waals surface area contributed by atoms with Gasteiger partial charge in [-0.15, -0.1) is 0 Å². The second-order valence-corrected chi connectivity index (χ2v) is 9.10. The van der Waals surface area contributed by atoms with Gasteiger partial charge in [-0.3, -0.25) is 4.98 Å². The minimum Gasteiger partial charge on any atom is -0.253 e. The molecule has 152 valence electrons. The number of fused-ring (bicyclic) bond motifs is 1. The number of rotatable bonds is 5. The van der Waals surface area contributed by atoms with Crippen molar-refractivity contribution in [1.29, 1.82) is 0 Å². The summed E-state index contributed by atoms with van der Waals surface area (Å²) in [5.41, 5.74) is -0.202. The third-order valence-corrected chi connectivity index (χ3v) is 6.37. The van der Waals surface area contributed by atoms with E-state index < -0.39 is 21.7 Å². The first-order valence-corrected chi connectivity index (χ1v) is 10.7. The van der Waals surface area contributed by atoms with Gasteiger partial charge in [0.05, 0.1) is 16.3 Å². The van der Waals surface area contributed by atoms with Crippen LogP contribution in [0.1, 0.15) is 31.0 Å². The van der Waals surface area contributed by atoms with E-state index in [-0.39, 0.29) is 27.7 Å². The first-order valence-electron chi connectivity index (χ1n) is 9.02. The van der Waals surface area contributed by atoms with Gasteiger partial charge in [0.2, 0.25) is 0 Å². The van der Waals surface area contributed by atoms with Crippen molar-refractivity contribution in [2.45, 2.75) is 30.8 Å². The van der Waals surface area contributed by atoms with Crippen LogP contribution in [0.2, 0.25) is 0 Å². The molecule has 0 N–H and O–H groups in total. The van der Waals surface area contributed by atoms with Crippen LogP contribution in [0.4, 0.5) is 13.2 Å². The van der Waals surface area contributed by atoms with Crippen molar-refractivity contribution in [3.8, 4) is 11.4 Å². The molecule has 29 heavy (non-hydrogen) atoms. The summed E-state index contributed by atoms with van der Waals surface area (Å²) in [6.07, 6.45) is 4.35. The minimum absolute atomic E-state index is 0.00496. The lowest BCUT2D eigenvalue weighted by Gasteiger charge is -2.09. The molecule has 3 aromatic rings.